The third-order valence-electron chi connectivity index (χ3n) is 1.37. The molecule has 0 aliphatic rings. The van der Waals surface area contributed by atoms with E-state index in [0.29, 0.717) is 6.61 Å². The van der Waals surface area contributed by atoms with Gasteiger partial charge in [0.1, 0.15) is 12.9 Å². The Bertz CT molecular complexity index is 347. The summed E-state index contributed by atoms with van der Waals surface area (Å²) >= 11 is 0. The Morgan fingerprint density at radius 2 is 2.23 bits per heavy atom. The first-order chi connectivity index (χ1) is 6.45. The fourth-order valence-corrected chi connectivity index (χ4v) is 0.822. The van der Waals surface area contributed by atoms with Crippen molar-refractivity contribution in [3.8, 4) is 6.08 Å². The van der Waals surface area contributed by atoms with Crippen LogP contribution in [0.2, 0.25) is 0 Å². The van der Waals surface area contributed by atoms with Gasteiger partial charge in [0, 0.05) is 12.4 Å². The predicted octanol–water partition coefficient (Wildman–Crippen LogP) is 1.04. The van der Waals surface area contributed by atoms with Gasteiger partial charge in [-0.05, 0) is 0 Å². The Hall–Kier alpha value is -1.91. The summed E-state index contributed by atoms with van der Waals surface area (Å²) in [6.07, 6.45) is 8.05. The molecule has 66 valence electrons. The predicted molar refractivity (Wildman–Crippen MR) is 42.9 cm³/mol. The highest BCUT2D eigenvalue weighted by atomic mass is 16.6. The Kier molecular flexibility index (Phi) is 2.18. The Morgan fingerprint density at radius 1 is 1.23 bits per heavy atom. The van der Waals surface area contributed by atoms with E-state index in [9.17, 15) is 0 Å². The molecule has 0 saturated carbocycles. The molecule has 0 spiro atoms. The van der Waals surface area contributed by atoms with Crippen LogP contribution in [0.5, 0.6) is 6.08 Å². The van der Waals surface area contributed by atoms with Gasteiger partial charge >= 0.3 is 6.08 Å². The van der Waals surface area contributed by atoms with Gasteiger partial charge in [0.05, 0.1) is 18.1 Å². The molecule has 0 bridgehead atoms. The van der Waals surface area contributed by atoms with Crippen LogP contribution in [0.1, 0.15) is 5.69 Å². The van der Waals surface area contributed by atoms with Gasteiger partial charge in [-0.2, -0.15) is 4.98 Å². The van der Waals surface area contributed by atoms with Crippen LogP contribution >= 0.6 is 0 Å². The summed E-state index contributed by atoms with van der Waals surface area (Å²) < 4.78 is 10.0. The van der Waals surface area contributed by atoms with Gasteiger partial charge in [0.2, 0.25) is 0 Å². The maximum absolute atomic E-state index is 5.15. The molecular weight excluding hydrogens is 170 g/mol. The van der Waals surface area contributed by atoms with Crippen molar-refractivity contribution < 1.29 is 9.15 Å². The number of hydrogen-bond donors (Lipinski definition) is 0. The van der Waals surface area contributed by atoms with Crippen molar-refractivity contribution in [2.24, 2.45) is 0 Å². The molecule has 2 aromatic heterocycles. The van der Waals surface area contributed by atoms with Crippen LogP contribution in [0, 0.1) is 0 Å². The summed E-state index contributed by atoms with van der Waals surface area (Å²) in [6.45, 7) is 0.314. The van der Waals surface area contributed by atoms with E-state index in [0.717, 1.165) is 5.69 Å². The lowest BCUT2D eigenvalue weighted by Gasteiger charge is -1.98. The number of hydrogen-bond acceptors (Lipinski definition) is 5. The highest BCUT2D eigenvalue weighted by molar-refractivity contribution is 4.94. The lowest BCUT2D eigenvalue weighted by molar-refractivity contribution is 0.217. The molecule has 0 aliphatic heterocycles. The Morgan fingerprint density at radius 3 is 2.92 bits per heavy atom. The van der Waals surface area contributed by atoms with Crippen molar-refractivity contribution in [2.45, 2.75) is 6.61 Å². The zero-order valence-corrected chi connectivity index (χ0v) is 6.75. The fourth-order valence-electron chi connectivity index (χ4n) is 0.822. The van der Waals surface area contributed by atoms with Crippen molar-refractivity contribution in [1.29, 1.82) is 0 Å². The van der Waals surface area contributed by atoms with Crippen LogP contribution in [-0.2, 0) is 6.61 Å². The van der Waals surface area contributed by atoms with E-state index in [4.69, 9.17) is 9.15 Å². The number of oxazole rings is 1. The number of ether oxygens (including phenoxy) is 1. The molecule has 0 atom stereocenters. The average molecular weight is 177 g/mol. The molecule has 0 saturated heterocycles. The maximum Gasteiger partial charge on any atom is 0.393 e. The third-order valence-corrected chi connectivity index (χ3v) is 1.37. The molecule has 0 N–H and O–H groups in total. The van der Waals surface area contributed by atoms with Crippen molar-refractivity contribution in [3.05, 3.63) is 36.7 Å². The highest BCUT2D eigenvalue weighted by Gasteiger charge is 1.99. The largest absolute Gasteiger partial charge is 0.444 e. The molecule has 0 amide bonds. The SMILES string of the molecule is c1cnc(COc2ncco2)cn1. The van der Waals surface area contributed by atoms with Crippen LogP contribution in [0.3, 0.4) is 0 Å². The first kappa shape index (κ1) is 7.72. The third kappa shape index (κ3) is 2.02. The zero-order chi connectivity index (χ0) is 8.93. The summed E-state index contributed by atoms with van der Waals surface area (Å²) in [4.78, 5) is 11.7. The summed E-state index contributed by atoms with van der Waals surface area (Å²) in [5.74, 6) is 0. The molecule has 0 aromatic carbocycles. The zero-order valence-electron chi connectivity index (χ0n) is 6.75. The van der Waals surface area contributed by atoms with Crippen molar-refractivity contribution >= 4 is 0 Å². The molecule has 5 nitrogen and oxygen atoms in total. The minimum atomic E-state index is 0.241. The number of nitrogens with zero attached hydrogens (tertiary/aromatic N) is 3. The molecule has 0 radical (unpaired) electrons. The molecule has 2 aromatic rings. The first-order valence-corrected chi connectivity index (χ1v) is 3.72. The molecular formula is C8H7N3O2. The molecule has 2 heterocycles. The van der Waals surface area contributed by atoms with Crippen LogP contribution < -0.4 is 4.74 Å². The van der Waals surface area contributed by atoms with Crippen molar-refractivity contribution in [1.82, 2.24) is 15.0 Å². The second-order valence-electron chi connectivity index (χ2n) is 2.28. The highest BCUT2D eigenvalue weighted by Crippen LogP contribution is 2.06. The van der Waals surface area contributed by atoms with Gasteiger partial charge in [0.15, 0.2) is 0 Å². The molecule has 13 heavy (non-hydrogen) atoms. The maximum atomic E-state index is 5.15. The second kappa shape index (κ2) is 3.66. The van der Waals surface area contributed by atoms with Gasteiger partial charge in [-0.3, -0.25) is 9.97 Å². The number of rotatable bonds is 3. The quantitative estimate of drug-likeness (QED) is 0.701. The van der Waals surface area contributed by atoms with Gasteiger partial charge in [-0.1, -0.05) is 0 Å². The molecule has 0 aliphatic carbocycles. The summed E-state index contributed by atoms with van der Waals surface area (Å²) in [5.41, 5.74) is 0.737. The minimum absolute atomic E-state index is 0.241. The van der Waals surface area contributed by atoms with Gasteiger partial charge < -0.3 is 9.15 Å². The summed E-state index contributed by atoms with van der Waals surface area (Å²) in [6, 6.07) is 0. The van der Waals surface area contributed by atoms with Crippen LogP contribution in [0.15, 0.2) is 35.5 Å². The Balaban J connectivity index is 1.94. The van der Waals surface area contributed by atoms with E-state index in [1.165, 1.54) is 12.5 Å². The van der Waals surface area contributed by atoms with Gasteiger partial charge in [-0.25, -0.2) is 0 Å². The van der Waals surface area contributed by atoms with Gasteiger partial charge in [0.25, 0.3) is 0 Å². The van der Waals surface area contributed by atoms with Gasteiger partial charge in [-0.15, -0.1) is 0 Å². The van der Waals surface area contributed by atoms with Crippen molar-refractivity contribution in [3.63, 3.8) is 0 Å². The molecule has 0 unspecified atom stereocenters. The second-order valence-corrected chi connectivity index (χ2v) is 2.28. The molecule has 2 rings (SSSR count). The first-order valence-electron chi connectivity index (χ1n) is 3.72. The van der Waals surface area contributed by atoms with Crippen LogP contribution in [0.25, 0.3) is 0 Å². The summed E-state index contributed by atoms with van der Waals surface area (Å²) in [5, 5.41) is 0. The fraction of sp³-hybridized carbons (Fsp3) is 0.125. The van der Waals surface area contributed by atoms with E-state index in [2.05, 4.69) is 15.0 Å². The lowest BCUT2D eigenvalue weighted by atomic mass is 10.5. The normalized spacial score (nSPS) is 9.85. The Labute approximate surface area is 74.4 Å². The van der Waals surface area contributed by atoms with E-state index >= 15 is 0 Å². The topological polar surface area (TPSA) is 61.0 Å². The van der Waals surface area contributed by atoms with E-state index < -0.39 is 0 Å². The summed E-state index contributed by atoms with van der Waals surface area (Å²) in [7, 11) is 0. The van der Waals surface area contributed by atoms with E-state index in [1.807, 2.05) is 0 Å². The van der Waals surface area contributed by atoms with Crippen LogP contribution in [-0.4, -0.2) is 15.0 Å². The smallest absolute Gasteiger partial charge is 0.393 e. The number of aromatic nitrogens is 3. The average Bonchev–Trinajstić information content (AvgIpc) is 2.69. The lowest BCUT2D eigenvalue weighted by Crippen LogP contribution is -1.98. The minimum Gasteiger partial charge on any atom is -0.444 e. The molecule has 0 fully saturated rings. The van der Waals surface area contributed by atoms with Crippen LogP contribution in [0.4, 0.5) is 0 Å². The standard InChI is InChI=1S/C8H7N3O2/c1-2-10-7(5-9-1)6-13-8-11-3-4-12-8/h1-5H,6H2. The van der Waals surface area contributed by atoms with E-state index in [1.54, 1.807) is 18.6 Å². The van der Waals surface area contributed by atoms with E-state index in [-0.39, 0.29) is 6.08 Å². The van der Waals surface area contributed by atoms with Crippen molar-refractivity contribution in [2.75, 3.05) is 0 Å². The monoisotopic (exact) mass is 177 g/mol. The molecule has 5 heteroatoms.